The number of ether oxygens (including phenoxy) is 1. The van der Waals surface area contributed by atoms with Crippen LogP contribution in [0.5, 0.6) is 5.75 Å². The van der Waals surface area contributed by atoms with Crippen molar-refractivity contribution >= 4 is 29.1 Å². The third-order valence-corrected chi connectivity index (χ3v) is 4.63. The second-order valence-electron chi connectivity index (χ2n) is 7.43. The summed E-state index contributed by atoms with van der Waals surface area (Å²) in [5, 5.41) is 5.68. The van der Waals surface area contributed by atoms with Crippen LogP contribution in [-0.4, -0.2) is 63.5 Å². The highest BCUT2D eigenvalue weighted by Gasteiger charge is 2.19. The number of carbonyl (C=O) groups excluding carboxylic acids is 3. The number of hydrogen-bond acceptors (Lipinski definition) is 4. The van der Waals surface area contributed by atoms with Gasteiger partial charge in [-0.3, -0.25) is 14.4 Å². The Hall–Kier alpha value is -3.39. The maximum atomic E-state index is 12.5. The molecular formula is C23H31N4O4+. The van der Waals surface area contributed by atoms with E-state index in [0.29, 0.717) is 29.2 Å². The van der Waals surface area contributed by atoms with Crippen molar-refractivity contribution in [1.29, 1.82) is 0 Å². The van der Waals surface area contributed by atoms with E-state index < -0.39 is 0 Å². The second kappa shape index (κ2) is 11.7. The Morgan fingerprint density at radius 2 is 1.55 bits per heavy atom. The minimum atomic E-state index is -0.194. The van der Waals surface area contributed by atoms with E-state index in [0.717, 1.165) is 11.3 Å². The summed E-state index contributed by atoms with van der Waals surface area (Å²) in [6.45, 7) is 3.01. The summed E-state index contributed by atoms with van der Waals surface area (Å²) in [6.07, 6.45) is 0.839. The first kappa shape index (κ1) is 23.9. The number of hydrogen-bond donors (Lipinski definition) is 3. The van der Waals surface area contributed by atoms with Gasteiger partial charge in [0.1, 0.15) is 5.75 Å². The van der Waals surface area contributed by atoms with Crippen molar-refractivity contribution < 1.29 is 24.0 Å². The molecule has 0 bridgehead atoms. The maximum absolute atomic E-state index is 12.5. The fourth-order valence-corrected chi connectivity index (χ4v) is 3.15. The summed E-state index contributed by atoms with van der Waals surface area (Å²) < 4.78 is 5.26. The van der Waals surface area contributed by atoms with Crippen LogP contribution in [0.1, 0.15) is 23.7 Å². The van der Waals surface area contributed by atoms with Gasteiger partial charge in [0.25, 0.3) is 17.7 Å². The third-order valence-electron chi connectivity index (χ3n) is 4.63. The Morgan fingerprint density at radius 1 is 0.935 bits per heavy atom. The summed E-state index contributed by atoms with van der Waals surface area (Å²) in [4.78, 5) is 39.3. The summed E-state index contributed by atoms with van der Waals surface area (Å²) in [5.41, 5.74) is 1.76. The molecule has 166 valence electrons. The maximum Gasteiger partial charge on any atom is 0.279 e. The van der Waals surface area contributed by atoms with Gasteiger partial charge >= 0.3 is 0 Å². The number of amides is 3. The SMILES string of the molecule is CCC[NH+](CC(=O)Nc1ccc(C(=O)N(C)C)cc1)CC(=O)Nc1ccccc1OC. The molecule has 1 unspecified atom stereocenters. The summed E-state index contributed by atoms with van der Waals surface area (Å²) >= 11 is 0. The molecule has 0 aliphatic heterocycles. The smallest absolute Gasteiger partial charge is 0.279 e. The predicted octanol–water partition coefficient (Wildman–Crippen LogP) is 1.27. The van der Waals surface area contributed by atoms with Gasteiger partial charge in [-0.2, -0.15) is 0 Å². The molecule has 0 heterocycles. The molecule has 8 nitrogen and oxygen atoms in total. The number of rotatable bonds is 10. The Labute approximate surface area is 183 Å². The second-order valence-corrected chi connectivity index (χ2v) is 7.43. The number of nitrogens with one attached hydrogen (secondary N) is 3. The highest BCUT2D eigenvalue weighted by atomic mass is 16.5. The fourth-order valence-electron chi connectivity index (χ4n) is 3.15. The van der Waals surface area contributed by atoms with Crippen molar-refractivity contribution in [3.05, 3.63) is 54.1 Å². The minimum Gasteiger partial charge on any atom is -0.495 e. The van der Waals surface area contributed by atoms with Crippen LogP contribution >= 0.6 is 0 Å². The quantitative estimate of drug-likeness (QED) is 0.533. The van der Waals surface area contributed by atoms with E-state index in [2.05, 4.69) is 10.6 Å². The van der Waals surface area contributed by atoms with Gasteiger partial charge in [0, 0.05) is 25.3 Å². The predicted molar refractivity (Wildman–Crippen MR) is 121 cm³/mol. The van der Waals surface area contributed by atoms with Gasteiger partial charge in [0.2, 0.25) is 0 Å². The van der Waals surface area contributed by atoms with Crippen LogP contribution < -0.4 is 20.3 Å². The highest BCUT2D eigenvalue weighted by Crippen LogP contribution is 2.22. The molecule has 2 aromatic rings. The van der Waals surface area contributed by atoms with Gasteiger partial charge in [0.05, 0.1) is 19.3 Å². The van der Waals surface area contributed by atoms with Gasteiger partial charge in [-0.25, -0.2) is 0 Å². The number of carbonyl (C=O) groups is 3. The molecule has 31 heavy (non-hydrogen) atoms. The van der Waals surface area contributed by atoms with E-state index in [9.17, 15) is 14.4 Å². The Bertz CT molecular complexity index is 897. The molecule has 3 N–H and O–H groups in total. The zero-order valence-electron chi connectivity index (χ0n) is 18.5. The minimum absolute atomic E-state index is 0.0995. The van der Waals surface area contributed by atoms with Crippen LogP contribution in [0.3, 0.4) is 0 Å². The molecule has 0 saturated carbocycles. The molecule has 1 atom stereocenters. The average molecular weight is 428 g/mol. The van der Waals surface area contributed by atoms with Crippen molar-refractivity contribution in [2.75, 3.05) is 51.5 Å². The van der Waals surface area contributed by atoms with Crippen LogP contribution in [0.4, 0.5) is 11.4 Å². The van der Waals surface area contributed by atoms with Crippen molar-refractivity contribution in [3.8, 4) is 5.75 Å². The lowest BCUT2D eigenvalue weighted by atomic mass is 10.2. The van der Waals surface area contributed by atoms with Gasteiger partial charge in [-0.1, -0.05) is 19.1 Å². The number of nitrogens with zero attached hydrogens (tertiary/aromatic N) is 1. The molecule has 0 spiro atoms. The fraction of sp³-hybridized carbons (Fsp3) is 0.348. The topological polar surface area (TPSA) is 92.2 Å². The Kier molecular flexibility index (Phi) is 9.02. The molecule has 0 aliphatic rings. The zero-order chi connectivity index (χ0) is 22.8. The lowest BCUT2D eigenvalue weighted by molar-refractivity contribution is -0.883. The van der Waals surface area contributed by atoms with Gasteiger partial charge in [0.15, 0.2) is 13.1 Å². The lowest BCUT2D eigenvalue weighted by Gasteiger charge is -2.18. The van der Waals surface area contributed by atoms with Gasteiger partial charge in [-0.05, 0) is 42.8 Å². The van der Waals surface area contributed by atoms with Crippen molar-refractivity contribution in [3.63, 3.8) is 0 Å². The molecule has 0 aromatic heterocycles. The molecule has 2 aromatic carbocycles. The van der Waals surface area contributed by atoms with E-state index >= 15 is 0 Å². The van der Waals surface area contributed by atoms with Crippen LogP contribution in [0, 0.1) is 0 Å². The average Bonchev–Trinajstić information content (AvgIpc) is 2.74. The van der Waals surface area contributed by atoms with E-state index in [1.54, 1.807) is 57.6 Å². The molecule has 0 fully saturated rings. The number of benzene rings is 2. The van der Waals surface area contributed by atoms with Crippen LogP contribution in [0.2, 0.25) is 0 Å². The summed E-state index contributed by atoms with van der Waals surface area (Å²) in [7, 11) is 4.92. The number of anilines is 2. The van der Waals surface area contributed by atoms with E-state index in [-0.39, 0.29) is 30.8 Å². The largest absolute Gasteiger partial charge is 0.495 e. The Morgan fingerprint density at radius 3 is 2.13 bits per heavy atom. The monoisotopic (exact) mass is 427 g/mol. The van der Waals surface area contributed by atoms with Crippen molar-refractivity contribution in [2.24, 2.45) is 0 Å². The first-order valence-electron chi connectivity index (χ1n) is 10.2. The van der Waals surface area contributed by atoms with Crippen LogP contribution in [0.15, 0.2) is 48.5 Å². The molecule has 8 heteroatoms. The lowest BCUT2D eigenvalue weighted by Crippen LogP contribution is -3.14. The number of quaternary nitrogens is 1. The first-order chi connectivity index (χ1) is 14.8. The van der Waals surface area contributed by atoms with Crippen LogP contribution in [0.25, 0.3) is 0 Å². The van der Waals surface area contributed by atoms with Gasteiger partial charge < -0.3 is 25.2 Å². The van der Waals surface area contributed by atoms with Crippen molar-refractivity contribution in [1.82, 2.24) is 4.90 Å². The van der Waals surface area contributed by atoms with E-state index in [1.807, 2.05) is 19.1 Å². The summed E-state index contributed by atoms with van der Waals surface area (Å²) in [6, 6.07) is 13.9. The standard InChI is InChI=1S/C23H30N4O4/c1-5-14-27(16-22(29)25-19-8-6-7-9-20(19)31-4)15-21(28)24-18-12-10-17(11-13-18)23(30)26(2)3/h6-13H,5,14-16H2,1-4H3,(H,24,28)(H,25,29)/p+1. The van der Waals surface area contributed by atoms with Crippen LogP contribution in [-0.2, 0) is 9.59 Å². The molecule has 0 radical (unpaired) electrons. The van der Waals surface area contributed by atoms with Gasteiger partial charge in [-0.15, -0.1) is 0 Å². The molecule has 0 saturated heterocycles. The first-order valence-corrected chi connectivity index (χ1v) is 10.2. The normalized spacial score (nSPS) is 11.4. The molecule has 2 rings (SSSR count). The molecular weight excluding hydrogens is 396 g/mol. The zero-order valence-corrected chi connectivity index (χ0v) is 18.5. The number of para-hydroxylation sites is 2. The molecule has 0 aliphatic carbocycles. The van der Waals surface area contributed by atoms with E-state index in [4.69, 9.17) is 4.74 Å². The number of methoxy groups -OCH3 is 1. The van der Waals surface area contributed by atoms with Crippen molar-refractivity contribution in [2.45, 2.75) is 13.3 Å². The Balaban J connectivity index is 1.93. The third kappa shape index (κ3) is 7.42. The molecule has 3 amide bonds. The summed E-state index contributed by atoms with van der Waals surface area (Å²) in [5.74, 6) is 0.104. The highest BCUT2D eigenvalue weighted by molar-refractivity contribution is 5.96. The van der Waals surface area contributed by atoms with E-state index in [1.165, 1.54) is 4.90 Å².